The van der Waals surface area contributed by atoms with E-state index in [1.54, 1.807) is 13.2 Å². The second-order valence-corrected chi connectivity index (χ2v) is 5.67. The summed E-state index contributed by atoms with van der Waals surface area (Å²) in [5, 5.41) is 16.6. The second-order valence-electron chi connectivity index (χ2n) is 5.67. The van der Waals surface area contributed by atoms with Crippen LogP contribution in [0.1, 0.15) is 18.1 Å². The smallest absolute Gasteiger partial charge is 0.191 e. The molecule has 2 aromatic carbocycles. The molecule has 2 rings (SSSR count). The number of aliphatic imine (C=N–C) groups is 1. The molecule has 0 saturated carbocycles. The van der Waals surface area contributed by atoms with Gasteiger partial charge in [0.25, 0.3) is 0 Å². The lowest BCUT2D eigenvalue weighted by atomic mass is 10.1. The van der Waals surface area contributed by atoms with Crippen LogP contribution in [-0.2, 0) is 12.8 Å². The number of ether oxygens (including phenoxy) is 1. The molecule has 0 saturated heterocycles. The molecule has 134 valence electrons. The first kappa shape index (κ1) is 18.6. The standard InChI is InChI=1S/C20H27N3O2/c1-3-21-20(22-13-11-16-7-5-4-6-8-16)23-14-12-17-9-10-18(25-2)15-19(17)24/h4-10,15,24H,3,11-14H2,1-2H3,(H2,21,22,23). The summed E-state index contributed by atoms with van der Waals surface area (Å²) in [4.78, 5) is 4.58. The number of hydrogen-bond donors (Lipinski definition) is 3. The molecule has 0 aliphatic carbocycles. The zero-order valence-corrected chi connectivity index (χ0v) is 15.0. The maximum Gasteiger partial charge on any atom is 0.191 e. The maximum absolute atomic E-state index is 10.00. The van der Waals surface area contributed by atoms with Crippen LogP contribution in [0.5, 0.6) is 11.5 Å². The van der Waals surface area contributed by atoms with Gasteiger partial charge in [-0.1, -0.05) is 36.4 Å². The van der Waals surface area contributed by atoms with E-state index in [4.69, 9.17) is 4.74 Å². The van der Waals surface area contributed by atoms with Gasteiger partial charge in [-0.15, -0.1) is 0 Å². The summed E-state index contributed by atoms with van der Waals surface area (Å²) < 4.78 is 5.10. The van der Waals surface area contributed by atoms with Crippen molar-refractivity contribution < 1.29 is 9.84 Å². The molecule has 0 heterocycles. The summed E-state index contributed by atoms with van der Waals surface area (Å²) in [7, 11) is 1.59. The minimum Gasteiger partial charge on any atom is -0.508 e. The predicted molar refractivity (Wildman–Crippen MR) is 102 cm³/mol. The van der Waals surface area contributed by atoms with Gasteiger partial charge in [-0.2, -0.15) is 0 Å². The number of nitrogens with zero attached hydrogens (tertiary/aromatic N) is 1. The highest BCUT2D eigenvalue weighted by molar-refractivity contribution is 5.79. The van der Waals surface area contributed by atoms with Crippen LogP contribution in [0.15, 0.2) is 53.5 Å². The third kappa shape index (κ3) is 6.37. The Morgan fingerprint density at radius 3 is 2.56 bits per heavy atom. The number of hydrogen-bond acceptors (Lipinski definition) is 3. The van der Waals surface area contributed by atoms with Gasteiger partial charge < -0.3 is 20.5 Å². The summed E-state index contributed by atoms with van der Waals surface area (Å²) in [5.74, 6) is 1.70. The van der Waals surface area contributed by atoms with E-state index in [1.165, 1.54) is 5.56 Å². The van der Waals surface area contributed by atoms with Gasteiger partial charge in [0.2, 0.25) is 0 Å². The van der Waals surface area contributed by atoms with E-state index in [0.717, 1.165) is 31.0 Å². The lowest BCUT2D eigenvalue weighted by Crippen LogP contribution is -2.38. The number of rotatable bonds is 8. The van der Waals surface area contributed by atoms with Gasteiger partial charge in [0.15, 0.2) is 5.96 Å². The molecule has 0 unspecified atom stereocenters. The van der Waals surface area contributed by atoms with E-state index in [1.807, 2.05) is 25.1 Å². The zero-order chi connectivity index (χ0) is 17.9. The van der Waals surface area contributed by atoms with Crippen LogP contribution in [0.25, 0.3) is 0 Å². The monoisotopic (exact) mass is 341 g/mol. The van der Waals surface area contributed by atoms with E-state index < -0.39 is 0 Å². The molecule has 0 spiro atoms. The van der Waals surface area contributed by atoms with Gasteiger partial charge in [-0.3, -0.25) is 4.99 Å². The molecule has 0 aromatic heterocycles. The van der Waals surface area contributed by atoms with Crippen molar-refractivity contribution >= 4 is 5.96 Å². The van der Waals surface area contributed by atoms with Crippen LogP contribution < -0.4 is 15.4 Å². The first-order valence-electron chi connectivity index (χ1n) is 8.65. The van der Waals surface area contributed by atoms with E-state index in [9.17, 15) is 5.11 Å². The third-order valence-electron chi connectivity index (χ3n) is 3.84. The molecule has 5 heteroatoms. The molecule has 0 radical (unpaired) electrons. The Kier molecular flexibility index (Phi) is 7.63. The van der Waals surface area contributed by atoms with Crippen molar-refractivity contribution in [3.63, 3.8) is 0 Å². The highest BCUT2D eigenvalue weighted by Crippen LogP contribution is 2.23. The summed E-state index contributed by atoms with van der Waals surface area (Å²) in [6.45, 7) is 4.28. The number of phenols is 1. The van der Waals surface area contributed by atoms with Crippen molar-refractivity contribution in [2.45, 2.75) is 19.8 Å². The Bertz CT molecular complexity index is 672. The summed E-state index contributed by atoms with van der Waals surface area (Å²) >= 11 is 0. The molecule has 0 bridgehead atoms. The fourth-order valence-electron chi connectivity index (χ4n) is 2.48. The van der Waals surface area contributed by atoms with E-state index in [0.29, 0.717) is 18.7 Å². The van der Waals surface area contributed by atoms with Crippen LogP contribution in [0.3, 0.4) is 0 Å². The molecule has 0 fully saturated rings. The quantitative estimate of drug-likeness (QED) is 0.510. The second kappa shape index (κ2) is 10.2. The highest BCUT2D eigenvalue weighted by atomic mass is 16.5. The first-order valence-corrected chi connectivity index (χ1v) is 8.65. The minimum atomic E-state index is 0.247. The molecule has 25 heavy (non-hydrogen) atoms. The van der Waals surface area contributed by atoms with Crippen LogP contribution in [0.2, 0.25) is 0 Å². The highest BCUT2D eigenvalue weighted by Gasteiger charge is 2.03. The fraction of sp³-hybridized carbons (Fsp3) is 0.350. The van der Waals surface area contributed by atoms with Gasteiger partial charge in [0.05, 0.1) is 7.11 Å². The van der Waals surface area contributed by atoms with Gasteiger partial charge in [0.1, 0.15) is 11.5 Å². The van der Waals surface area contributed by atoms with Crippen LogP contribution in [0.4, 0.5) is 0 Å². The van der Waals surface area contributed by atoms with Crippen LogP contribution in [-0.4, -0.2) is 37.8 Å². The Morgan fingerprint density at radius 1 is 1.08 bits per heavy atom. The normalized spacial score (nSPS) is 11.2. The van der Waals surface area contributed by atoms with Crippen molar-refractivity contribution in [2.75, 3.05) is 26.7 Å². The van der Waals surface area contributed by atoms with Crippen molar-refractivity contribution in [1.29, 1.82) is 0 Å². The van der Waals surface area contributed by atoms with Crippen LogP contribution in [0, 0.1) is 0 Å². The number of guanidine groups is 1. The Hall–Kier alpha value is -2.69. The lowest BCUT2D eigenvalue weighted by molar-refractivity contribution is 0.406. The topological polar surface area (TPSA) is 65.9 Å². The number of phenolic OH excluding ortho intramolecular Hbond substituents is 1. The average Bonchev–Trinajstić information content (AvgIpc) is 2.64. The zero-order valence-electron chi connectivity index (χ0n) is 15.0. The minimum absolute atomic E-state index is 0.247. The molecule has 2 aromatic rings. The predicted octanol–water partition coefficient (Wildman–Crippen LogP) is 2.74. The van der Waals surface area contributed by atoms with Crippen molar-refractivity contribution in [2.24, 2.45) is 4.99 Å². The van der Waals surface area contributed by atoms with Crippen molar-refractivity contribution in [1.82, 2.24) is 10.6 Å². The average molecular weight is 341 g/mol. The Labute approximate surface area is 149 Å². The molecular formula is C20H27N3O2. The van der Waals surface area contributed by atoms with E-state index in [2.05, 4.69) is 39.9 Å². The summed E-state index contributed by atoms with van der Waals surface area (Å²) in [5.41, 5.74) is 2.17. The van der Waals surface area contributed by atoms with Crippen LogP contribution >= 0.6 is 0 Å². The van der Waals surface area contributed by atoms with Crippen molar-refractivity contribution in [3.05, 3.63) is 59.7 Å². The molecule has 3 N–H and O–H groups in total. The van der Waals surface area contributed by atoms with Gasteiger partial charge >= 0.3 is 0 Å². The van der Waals surface area contributed by atoms with Gasteiger partial charge in [-0.25, -0.2) is 0 Å². The molecule has 5 nitrogen and oxygen atoms in total. The van der Waals surface area contributed by atoms with Gasteiger partial charge in [0, 0.05) is 25.7 Å². The fourth-order valence-corrected chi connectivity index (χ4v) is 2.48. The molecule has 0 atom stereocenters. The largest absolute Gasteiger partial charge is 0.508 e. The Morgan fingerprint density at radius 2 is 1.88 bits per heavy atom. The Balaban J connectivity index is 1.84. The maximum atomic E-state index is 10.00. The van der Waals surface area contributed by atoms with E-state index in [-0.39, 0.29) is 5.75 Å². The van der Waals surface area contributed by atoms with E-state index >= 15 is 0 Å². The lowest BCUT2D eigenvalue weighted by Gasteiger charge is -2.11. The van der Waals surface area contributed by atoms with Gasteiger partial charge in [-0.05, 0) is 37.0 Å². The van der Waals surface area contributed by atoms with Crippen molar-refractivity contribution in [3.8, 4) is 11.5 Å². The SMILES string of the molecule is CCNC(=NCCc1ccc(OC)cc1O)NCCc1ccccc1. The summed E-state index contributed by atoms with van der Waals surface area (Å²) in [6.07, 6.45) is 1.62. The summed E-state index contributed by atoms with van der Waals surface area (Å²) in [6, 6.07) is 15.7. The molecular weight excluding hydrogens is 314 g/mol. The number of benzene rings is 2. The molecule has 0 amide bonds. The molecule has 0 aliphatic heterocycles. The molecule has 0 aliphatic rings. The number of aromatic hydroxyl groups is 1. The first-order chi connectivity index (χ1) is 12.2. The number of nitrogens with one attached hydrogen (secondary N) is 2. The number of methoxy groups -OCH3 is 1. The third-order valence-corrected chi connectivity index (χ3v) is 3.84.